The Morgan fingerprint density at radius 1 is 1.14 bits per heavy atom. The Labute approximate surface area is 211 Å². The van der Waals surface area contributed by atoms with Crippen molar-refractivity contribution in [3.63, 3.8) is 0 Å². The lowest BCUT2D eigenvalue weighted by Crippen LogP contribution is -2.24. The molecule has 9 nitrogen and oxygen atoms in total. The second-order valence-corrected chi connectivity index (χ2v) is 9.08. The molecule has 0 aliphatic heterocycles. The number of para-hydroxylation sites is 1. The van der Waals surface area contributed by atoms with Crippen LogP contribution in [0.5, 0.6) is 0 Å². The van der Waals surface area contributed by atoms with Crippen molar-refractivity contribution < 1.29 is 9.72 Å². The van der Waals surface area contributed by atoms with E-state index in [1.54, 1.807) is 41.8 Å². The summed E-state index contributed by atoms with van der Waals surface area (Å²) in [7, 11) is 0. The van der Waals surface area contributed by atoms with Gasteiger partial charge in [0.25, 0.3) is 11.6 Å². The van der Waals surface area contributed by atoms with E-state index in [9.17, 15) is 14.9 Å². The molecule has 1 N–H and O–H groups in total. The lowest BCUT2D eigenvalue weighted by atomic mass is 10.1. The molecule has 0 spiro atoms. The summed E-state index contributed by atoms with van der Waals surface area (Å²) >= 11 is 9.29. The summed E-state index contributed by atoms with van der Waals surface area (Å²) in [5.41, 5.74) is 6.79. The number of hydrogen-bond acceptors (Lipinski definition) is 6. The van der Waals surface area contributed by atoms with E-state index in [0.29, 0.717) is 43.0 Å². The Bertz CT molecular complexity index is 1700. The van der Waals surface area contributed by atoms with Crippen molar-refractivity contribution in [1.82, 2.24) is 20.0 Å². The first-order valence-corrected chi connectivity index (χ1v) is 11.6. The van der Waals surface area contributed by atoms with Crippen molar-refractivity contribution in [3.05, 3.63) is 85.8 Å². The van der Waals surface area contributed by atoms with Gasteiger partial charge >= 0.3 is 0 Å². The fraction of sp³-hybridized carbons (Fsp3) is 0.0833. The van der Waals surface area contributed by atoms with E-state index in [4.69, 9.17) is 21.6 Å². The molecule has 5 aromatic rings. The van der Waals surface area contributed by atoms with Crippen LogP contribution in [0.4, 0.5) is 5.69 Å². The molecule has 0 unspecified atom stereocenters. The van der Waals surface area contributed by atoms with Crippen LogP contribution in [0.25, 0.3) is 33.1 Å². The minimum atomic E-state index is -0.486. The first kappa shape index (κ1) is 22.9. The summed E-state index contributed by atoms with van der Waals surface area (Å²) in [5.74, 6) is -0.378. The normalized spacial score (nSPS) is 11.9. The molecule has 35 heavy (non-hydrogen) atoms. The fourth-order valence-electron chi connectivity index (χ4n) is 3.84. The van der Waals surface area contributed by atoms with Crippen LogP contribution in [0.3, 0.4) is 0 Å². The maximum atomic E-state index is 12.9. The number of rotatable bonds is 5. The van der Waals surface area contributed by atoms with E-state index in [1.165, 1.54) is 6.07 Å². The largest absolute Gasteiger partial charge is 0.314 e. The molecular weight excluding hydrogens is 536 g/mol. The quantitative estimate of drug-likeness (QED) is 0.173. The zero-order valence-electron chi connectivity index (χ0n) is 18.2. The van der Waals surface area contributed by atoms with Crippen molar-refractivity contribution in [2.75, 3.05) is 0 Å². The number of nitro groups is 1. The first-order chi connectivity index (χ1) is 16.8. The third-order valence-corrected chi connectivity index (χ3v) is 6.43. The summed E-state index contributed by atoms with van der Waals surface area (Å²) in [6, 6.07) is 17.6. The lowest BCUT2D eigenvalue weighted by molar-refractivity contribution is -0.385. The first-order valence-electron chi connectivity index (χ1n) is 10.4. The summed E-state index contributed by atoms with van der Waals surface area (Å²) in [6.07, 6.45) is 0. The molecule has 0 saturated carbocycles. The van der Waals surface area contributed by atoms with Gasteiger partial charge in [-0.2, -0.15) is 5.10 Å². The highest BCUT2D eigenvalue weighted by molar-refractivity contribution is 9.10. The van der Waals surface area contributed by atoms with Gasteiger partial charge in [0.1, 0.15) is 12.1 Å². The standard InChI is InChI=1S/C24H16BrClN6O3/c1-13(14-6-8-17(25)21(10-14)32(34)35)29-30-22(33)12-31-20-5-3-2-4-16(20)23-24(31)28-18-9-7-15(26)11-19(18)27-23/h2-11H,12H2,1H3,(H,30,33)/b29-13+. The topological polar surface area (TPSA) is 115 Å². The number of hydrazone groups is 1. The average Bonchev–Trinajstić information content (AvgIpc) is 3.13. The summed E-state index contributed by atoms with van der Waals surface area (Å²) in [4.78, 5) is 33.1. The van der Waals surface area contributed by atoms with E-state index in [-0.39, 0.29) is 18.1 Å². The van der Waals surface area contributed by atoms with Crippen molar-refractivity contribution in [2.45, 2.75) is 13.5 Å². The number of carbonyl (C=O) groups excluding carboxylic acids is 1. The monoisotopic (exact) mass is 550 g/mol. The lowest BCUT2D eigenvalue weighted by Gasteiger charge is -2.07. The maximum absolute atomic E-state index is 12.9. The Morgan fingerprint density at radius 3 is 2.74 bits per heavy atom. The van der Waals surface area contributed by atoms with Crippen LogP contribution in [-0.4, -0.2) is 31.1 Å². The minimum Gasteiger partial charge on any atom is -0.314 e. The number of benzene rings is 3. The van der Waals surface area contributed by atoms with Crippen LogP contribution in [0.2, 0.25) is 5.02 Å². The van der Waals surface area contributed by atoms with Crippen molar-refractivity contribution >= 4 is 77.9 Å². The molecule has 174 valence electrons. The van der Waals surface area contributed by atoms with E-state index in [0.717, 1.165) is 10.9 Å². The second-order valence-electron chi connectivity index (χ2n) is 7.79. The summed E-state index contributed by atoms with van der Waals surface area (Å²) in [6.45, 7) is 1.62. The number of nitrogens with one attached hydrogen (secondary N) is 1. The molecule has 2 heterocycles. The van der Waals surface area contributed by atoms with E-state index < -0.39 is 4.92 Å². The molecule has 0 aliphatic carbocycles. The smallest absolute Gasteiger partial charge is 0.284 e. The van der Waals surface area contributed by atoms with Crippen LogP contribution in [0.15, 0.2) is 70.2 Å². The number of aromatic nitrogens is 3. The average molecular weight is 552 g/mol. The van der Waals surface area contributed by atoms with Gasteiger partial charge in [-0.15, -0.1) is 0 Å². The molecule has 0 bridgehead atoms. The number of nitro benzene ring substituents is 1. The predicted molar refractivity (Wildman–Crippen MR) is 139 cm³/mol. The number of hydrogen-bond donors (Lipinski definition) is 1. The third kappa shape index (κ3) is 4.33. The van der Waals surface area contributed by atoms with Crippen LogP contribution in [0, 0.1) is 10.1 Å². The van der Waals surface area contributed by atoms with Crippen molar-refractivity contribution in [1.29, 1.82) is 0 Å². The van der Waals surface area contributed by atoms with Gasteiger partial charge in [-0.25, -0.2) is 15.4 Å². The van der Waals surface area contributed by atoms with Gasteiger partial charge in [0.15, 0.2) is 5.65 Å². The van der Waals surface area contributed by atoms with Crippen LogP contribution in [0.1, 0.15) is 12.5 Å². The Hall–Kier alpha value is -3.89. The van der Waals surface area contributed by atoms with Crippen molar-refractivity contribution in [3.8, 4) is 0 Å². The highest BCUT2D eigenvalue weighted by Gasteiger charge is 2.17. The van der Waals surface area contributed by atoms with Gasteiger partial charge in [-0.05, 0) is 53.2 Å². The number of halogens is 2. The van der Waals surface area contributed by atoms with Crippen LogP contribution in [-0.2, 0) is 11.3 Å². The van der Waals surface area contributed by atoms with Gasteiger partial charge in [-0.1, -0.05) is 35.9 Å². The molecule has 0 saturated heterocycles. The molecule has 0 radical (unpaired) electrons. The number of nitrogens with zero attached hydrogens (tertiary/aromatic N) is 5. The maximum Gasteiger partial charge on any atom is 0.284 e. The SMILES string of the molecule is C/C(=N\NC(=O)Cn1c2ccccc2c2nc3cc(Cl)ccc3nc21)c1ccc(Br)c([N+](=O)[O-])c1. The van der Waals surface area contributed by atoms with E-state index in [2.05, 4.69) is 26.5 Å². The fourth-order valence-corrected chi connectivity index (χ4v) is 4.40. The number of amides is 1. The van der Waals surface area contributed by atoms with Gasteiger partial charge in [0.05, 0.1) is 31.7 Å². The Morgan fingerprint density at radius 2 is 1.94 bits per heavy atom. The molecule has 2 aromatic heterocycles. The molecule has 0 atom stereocenters. The molecule has 3 aromatic carbocycles. The summed E-state index contributed by atoms with van der Waals surface area (Å²) < 4.78 is 2.15. The minimum absolute atomic E-state index is 0.0466. The molecule has 5 rings (SSSR count). The number of fused-ring (bicyclic) bond motifs is 4. The van der Waals surface area contributed by atoms with Gasteiger partial charge in [0.2, 0.25) is 0 Å². The second kappa shape index (κ2) is 9.05. The van der Waals surface area contributed by atoms with Crippen LogP contribution >= 0.6 is 27.5 Å². The highest BCUT2D eigenvalue weighted by atomic mass is 79.9. The third-order valence-electron chi connectivity index (χ3n) is 5.52. The highest BCUT2D eigenvalue weighted by Crippen LogP contribution is 2.29. The Balaban J connectivity index is 1.48. The van der Waals surface area contributed by atoms with Crippen LogP contribution < -0.4 is 5.43 Å². The predicted octanol–water partition coefficient (Wildman–Crippen LogP) is 5.60. The van der Waals surface area contributed by atoms with Gasteiger partial charge in [-0.3, -0.25) is 14.9 Å². The molecular formula is C24H16BrClN6O3. The van der Waals surface area contributed by atoms with Gasteiger partial charge in [0, 0.05) is 22.0 Å². The molecule has 11 heteroatoms. The zero-order valence-corrected chi connectivity index (χ0v) is 20.5. The molecule has 1 amide bonds. The van der Waals surface area contributed by atoms with E-state index in [1.807, 2.05) is 24.3 Å². The number of carbonyl (C=O) groups is 1. The van der Waals surface area contributed by atoms with Gasteiger partial charge < -0.3 is 4.57 Å². The van der Waals surface area contributed by atoms with Crippen molar-refractivity contribution in [2.24, 2.45) is 5.10 Å². The molecule has 0 aliphatic rings. The summed E-state index contributed by atoms with van der Waals surface area (Å²) in [5, 5.41) is 16.8. The van der Waals surface area contributed by atoms with E-state index >= 15 is 0 Å². The zero-order chi connectivity index (χ0) is 24.7. The molecule has 0 fully saturated rings. The Kier molecular flexibility index (Phi) is 5.91.